The summed E-state index contributed by atoms with van der Waals surface area (Å²) in [5, 5.41) is 7.10. The van der Waals surface area contributed by atoms with Crippen LogP contribution in [0.3, 0.4) is 0 Å². The Balaban J connectivity index is 1.27. The number of aromatic nitrogens is 2. The van der Waals surface area contributed by atoms with Crippen molar-refractivity contribution in [3.63, 3.8) is 0 Å². The topological polar surface area (TPSA) is 56.2 Å². The molecule has 0 bridgehead atoms. The zero-order valence-electron chi connectivity index (χ0n) is 14.7. The molecule has 1 aromatic heterocycles. The van der Waals surface area contributed by atoms with E-state index in [1.807, 2.05) is 16.9 Å². The lowest BCUT2D eigenvalue weighted by Gasteiger charge is -2.25. The van der Waals surface area contributed by atoms with Crippen LogP contribution in [0.5, 0.6) is 0 Å². The van der Waals surface area contributed by atoms with Gasteiger partial charge in [-0.25, -0.2) is 0 Å². The first kappa shape index (κ1) is 17.7. The van der Waals surface area contributed by atoms with E-state index in [-0.39, 0.29) is 12.0 Å². The van der Waals surface area contributed by atoms with Gasteiger partial charge in [0.15, 0.2) is 0 Å². The summed E-state index contributed by atoms with van der Waals surface area (Å²) in [6.07, 6.45) is 9.53. The summed E-state index contributed by atoms with van der Waals surface area (Å²) in [5.41, 5.74) is 2.76. The average molecular weight is 341 g/mol. The van der Waals surface area contributed by atoms with E-state index in [0.717, 1.165) is 32.2 Å². The maximum Gasteiger partial charge on any atom is 0.220 e. The second kappa shape index (κ2) is 9.37. The molecule has 0 aliphatic heterocycles. The highest BCUT2D eigenvalue weighted by Crippen LogP contribution is 2.32. The number of aryl methyl sites for hydroxylation is 2. The van der Waals surface area contributed by atoms with Crippen molar-refractivity contribution in [2.45, 2.75) is 51.2 Å². The van der Waals surface area contributed by atoms with Gasteiger partial charge in [-0.05, 0) is 49.3 Å². The lowest BCUT2D eigenvalue weighted by molar-refractivity contribution is -0.121. The number of benzene rings is 1. The highest BCUT2D eigenvalue weighted by Gasteiger charge is 2.19. The quantitative estimate of drug-likeness (QED) is 0.712. The second-order valence-corrected chi connectivity index (χ2v) is 6.53. The number of hydrogen-bond donors (Lipinski definition) is 1. The van der Waals surface area contributed by atoms with Crippen LogP contribution in [0.1, 0.15) is 49.3 Å². The Bertz CT molecular complexity index is 655. The van der Waals surface area contributed by atoms with Crippen molar-refractivity contribution < 1.29 is 9.53 Å². The van der Waals surface area contributed by atoms with E-state index < -0.39 is 0 Å². The number of carbonyl (C=O) groups excluding carboxylic acids is 1. The van der Waals surface area contributed by atoms with Gasteiger partial charge < -0.3 is 10.1 Å². The number of nitrogens with one attached hydrogen (secondary N) is 1. The molecular weight excluding hydrogens is 314 g/mol. The largest absolute Gasteiger partial charge is 0.373 e. The first-order valence-corrected chi connectivity index (χ1v) is 9.26. The Morgan fingerprint density at radius 1 is 1.28 bits per heavy atom. The van der Waals surface area contributed by atoms with Crippen LogP contribution in [0.2, 0.25) is 0 Å². The highest BCUT2D eigenvalue weighted by molar-refractivity contribution is 5.75. The summed E-state index contributed by atoms with van der Waals surface area (Å²) in [5.74, 6) is 0.107. The van der Waals surface area contributed by atoms with Gasteiger partial charge in [0.25, 0.3) is 0 Å². The fourth-order valence-electron chi connectivity index (χ4n) is 3.33. The smallest absolute Gasteiger partial charge is 0.220 e. The van der Waals surface area contributed by atoms with Crippen molar-refractivity contribution in [2.24, 2.45) is 0 Å². The van der Waals surface area contributed by atoms with E-state index in [0.29, 0.717) is 19.6 Å². The van der Waals surface area contributed by atoms with Crippen LogP contribution in [0.25, 0.3) is 0 Å². The fraction of sp³-hybridized carbons (Fsp3) is 0.500. The van der Waals surface area contributed by atoms with Crippen LogP contribution in [-0.4, -0.2) is 28.8 Å². The van der Waals surface area contributed by atoms with Crippen LogP contribution in [0.15, 0.2) is 42.7 Å². The minimum absolute atomic E-state index is 0.107. The van der Waals surface area contributed by atoms with Crippen LogP contribution in [0.4, 0.5) is 0 Å². The number of hydrogen-bond acceptors (Lipinski definition) is 3. The van der Waals surface area contributed by atoms with E-state index in [1.54, 1.807) is 6.20 Å². The number of amides is 1. The number of nitrogens with zero attached hydrogens (tertiary/aromatic N) is 2. The molecule has 1 amide bonds. The van der Waals surface area contributed by atoms with Crippen molar-refractivity contribution in [2.75, 3.05) is 13.2 Å². The van der Waals surface area contributed by atoms with Gasteiger partial charge in [0.05, 0.1) is 6.10 Å². The molecule has 0 fully saturated rings. The molecular formula is C20H27N3O2. The number of carbonyl (C=O) groups is 1. The summed E-state index contributed by atoms with van der Waals surface area (Å²) in [6.45, 7) is 2.14. The summed E-state index contributed by atoms with van der Waals surface area (Å²) < 4.78 is 7.91. The standard InChI is InChI=1S/C20H27N3O2/c24-20(11-4-14-23-15-5-13-22-23)21-12-6-16-25-19-10-3-8-17-7-1-2-9-18(17)19/h1-2,5,7,9,13,15,19H,3-4,6,8,10-12,14,16H2,(H,21,24). The summed E-state index contributed by atoms with van der Waals surface area (Å²) >= 11 is 0. The van der Waals surface area contributed by atoms with Gasteiger partial charge in [-0.1, -0.05) is 24.3 Å². The van der Waals surface area contributed by atoms with Crippen molar-refractivity contribution in [1.29, 1.82) is 0 Å². The molecule has 0 radical (unpaired) electrons. The van der Waals surface area contributed by atoms with Gasteiger partial charge in [-0.15, -0.1) is 0 Å². The maximum absolute atomic E-state index is 11.8. The molecule has 0 saturated heterocycles. The SMILES string of the molecule is O=C(CCCn1cccn1)NCCCOC1CCCc2ccccc21. The first-order chi connectivity index (χ1) is 12.3. The third kappa shape index (κ3) is 5.43. The molecule has 0 spiro atoms. The van der Waals surface area contributed by atoms with Gasteiger partial charge in [-0.3, -0.25) is 9.48 Å². The normalized spacial score (nSPS) is 16.4. The van der Waals surface area contributed by atoms with Crippen LogP contribution < -0.4 is 5.32 Å². The van der Waals surface area contributed by atoms with E-state index in [4.69, 9.17) is 4.74 Å². The minimum Gasteiger partial charge on any atom is -0.373 e. The van der Waals surface area contributed by atoms with Crippen LogP contribution >= 0.6 is 0 Å². The molecule has 134 valence electrons. The molecule has 25 heavy (non-hydrogen) atoms. The summed E-state index contributed by atoms with van der Waals surface area (Å²) in [4.78, 5) is 11.8. The van der Waals surface area contributed by atoms with E-state index in [9.17, 15) is 4.79 Å². The van der Waals surface area contributed by atoms with Crippen molar-refractivity contribution >= 4 is 5.91 Å². The molecule has 1 aromatic carbocycles. The summed E-state index contributed by atoms with van der Waals surface area (Å²) in [7, 11) is 0. The van der Waals surface area contributed by atoms with E-state index in [1.165, 1.54) is 17.5 Å². The first-order valence-electron chi connectivity index (χ1n) is 9.26. The van der Waals surface area contributed by atoms with Crippen LogP contribution in [-0.2, 0) is 22.5 Å². The molecule has 0 saturated carbocycles. The molecule has 2 aromatic rings. The molecule has 1 atom stereocenters. The van der Waals surface area contributed by atoms with Gasteiger partial charge in [0.2, 0.25) is 5.91 Å². The highest BCUT2D eigenvalue weighted by atomic mass is 16.5. The average Bonchev–Trinajstić information content (AvgIpc) is 3.15. The van der Waals surface area contributed by atoms with Crippen molar-refractivity contribution in [3.8, 4) is 0 Å². The number of rotatable bonds is 9. The van der Waals surface area contributed by atoms with Gasteiger partial charge in [0.1, 0.15) is 0 Å². The Labute approximate surface area is 149 Å². The van der Waals surface area contributed by atoms with Crippen molar-refractivity contribution in [1.82, 2.24) is 15.1 Å². The molecule has 5 heteroatoms. The molecule has 1 heterocycles. The lowest BCUT2D eigenvalue weighted by atomic mass is 9.89. The van der Waals surface area contributed by atoms with Gasteiger partial charge >= 0.3 is 0 Å². The summed E-state index contributed by atoms with van der Waals surface area (Å²) in [6, 6.07) is 10.5. The molecule has 1 aliphatic carbocycles. The number of fused-ring (bicyclic) bond motifs is 1. The van der Waals surface area contributed by atoms with Gasteiger partial charge in [0, 0.05) is 38.5 Å². The molecule has 1 aliphatic rings. The fourth-order valence-corrected chi connectivity index (χ4v) is 3.33. The third-order valence-corrected chi connectivity index (χ3v) is 4.63. The van der Waals surface area contributed by atoms with E-state index >= 15 is 0 Å². The molecule has 3 rings (SSSR count). The van der Waals surface area contributed by atoms with Crippen molar-refractivity contribution in [3.05, 3.63) is 53.9 Å². The predicted molar refractivity (Wildman–Crippen MR) is 97.2 cm³/mol. The monoisotopic (exact) mass is 341 g/mol. The lowest BCUT2D eigenvalue weighted by Crippen LogP contribution is -2.25. The zero-order valence-corrected chi connectivity index (χ0v) is 14.7. The Kier molecular flexibility index (Phi) is 6.63. The predicted octanol–water partition coefficient (Wildman–Crippen LogP) is 3.26. The second-order valence-electron chi connectivity index (χ2n) is 6.53. The zero-order chi connectivity index (χ0) is 17.3. The van der Waals surface area contributed by atoms with E-state index in [2.05, 4.69) is 34.7 Å². The Morgan fingerprint density at radius 3 is 3.08 bits per heavy atom. The maximum atomic E-state index is 11.8. The minimum atomic E-state index is 0.107. The molecule has 1 N–H and O–H groups in total. The molecule has 1 unspecified atom stereocenters. The Hall–Kier alpha value is -2.14. The van der Waals surface area contributed by atoms with Crippen LogP contribution in [0, 0.1) is 0 Å². The van der Waals surface area contributed by atoms with Gasteiger partial charge in [-0.2, -0.15) is 5.10 Å². The molecule has 5 nitrogen and oxygen atoms in total. The number of ether oxygens (including phenoxy) is 1. The third-order valence-electron chi connectivity index (χ3n) is 4.63. The Morgan fingerprint density at radius 2 is 2.20 bits per heavy atom.